The summed E-state index contributed by atoms with van der Waals surface area (Å²) in [7, 11) is -1.34. The number of aryl methyl sites for hydroxylation is 1. The molecule has 0 aliphatic heterocycles. The van der Waals surface area contributed by atoms with Gasteiger partial charge in [-0.05, 0) is 43.5 Å². The lowest BCUT2D eigenvalue weighted by atomic mass is 9.93. The topological polar surface area (TPSA) is 81.1 Å². The molecule has 1 aliphatic rings. The van der Waals surface area contributed by atoms with E-state index in [9.17, 15) is 13.2 Å². The second-order valence-corrected chi connectivity index (χ2v) is 7.90. The molecule has 1 N–H and O–H groups in total. The Morgan fingerprint density at radius 3 is 2.65 bits per heavy atom. The molecule has 3 rings (SSSR count). The highest BCUT2D eigenvalue weighted by atomic mass is 32.2. The normalized spacial score (nSPS) is 17.6. The summed E-state index contributed by atoms with van der Waals surface area (Å²) in [5.74, 6) is -0.202. The van der Waals surface area contributed by atoms with Crippen LogP contribution in [-0.2, 0) is 23.3 Å². The van der Waals surface area contributed by atoms with Crippen molar-refractivity contribution >= 4 is 15.7 Å². The largest absolute Gasteiger partial charge is 0.345 e. The zero-order valence-electron chi connectivity index (χ0n) is 13.1. The van der Waals surface area contributed by atoms with E-state index in [0.717, 1.165) is 36.8 Å². The summed E-state index contributed by atoms with van der Waals surface area (Å²) >= 11 is 0. The lowest BCUT2D eigenvalue weighted by molar-refractivity contribution is 0.0932. The lowest BCUT2D eigenvalue weighted by Crippen LogP contribution is -2.30. The van der Waals surface area contributed by atoms with E-state index in [1.807, 2.05) is 17.9 Å². The van der Waals surface area contributed by atoms with Gasteiger partial charge in [0.1, 0.15) is 0 Å². The average Bonchev–Trinajstić information content (AvgIpc) is 2.89. The first-order chi connectivity index (χ1) is 10.9. The van der Waals surface area contributed by atoms with Crippen molar-refractivity contribution in [3.05, 3.63) is 47.3 Å². The summed E-state index contributed by atoms with van der Waals surface area (Å²) in [5, 5.41) is 7.29. The number of hydrogen-bond acceptors (Lipinski definition) is 4. The van der Waals surface area contributed by atoms with Gasteiger partial charge in [0.15, 0.2) is 9.84 Å². The third-order valence-corrected chi connectivity index (χ3v) is 5.35. The Balaban J connectivity index is 1.78. The Morgan fingerprint density at radius 2 is 2.00 bits per heavy atom. The molecule has 6 nitrogen and oxygen atoms in total. The van der Waals surface area contributed by atoms with Crippen LogP contribution in [0.25, 0.3) is 0 Å². The number of rotatable bonds is 3. The minimum Gasteiger partial charge on any atom is -0.345 e. The number of carbonyl (C=O) groups excluding carboxylic acids is 1. The third kappa shape index (κ3) is 3.14. The quantitative estimate of drug-likeness (QED) is 0.926. The van der Waals surface area contributed by atoms with Gasteiger partial charge in [0.05, 0.1) is 17.1 Å². The number of carbonyl (C=O) groups is 1. The molecule has 0 saturated heterocycles. The molecule has 0 saturated carbocycles. The highest BCUT2D eigenvalue weighted by Gasteiger charge is 2.25. The van der Waals surface area contributed by atoms with Gasteiger partial charge in [-0.15, -0.1) is 0 Å². The van der Waals surface area contributed by atoms with Crippen molar-refractivity contribution in [3.63, 3.8) is 0 Å². The second kappa shape index (κ2) is 5.81. The minimum atomic E-state index is -3.25. The maximum atomic E-state index is 12.4. The standard InChI is InChI=1S/C16H19N3O3S/c1-19-15-5-3-4-14(13(15)10-17-19)18-16(20)11-6-8-12(9-7-11)23(2,21)22/h6-10,14H,3-5H2,1-2H3,(H,18,20). The van der Waals surface area contributed by atoms with Crippen LogP contribution in [0.15, 0.2) is 35.4 Å². The zero-order chi connectivity index (χ0) is 16.6. The smallest absolute Gasteiger partial charge is 0.251 e. The Labute approximate surface area is 135 Å². The molecule has 0 bridgehead atoms. The van der Waals surface area contributed by atoms with E-state index in [1.54, 1.807) is 12.1 Å². The third-order valence-electron chi connectivity index (χ3n) is 4.23. The van der Waals surface area contributed by atoms with Crippen LogP contribution < -0.4 is 5.32 Å². The van der Waals surface area contributed by atoms with Crippen molar-refractivity contribution in [3.8, 4) is 0 Å². The molecule has 0 spiro atoms. The van der Waals surface area contributed by atoms with Crippen LogP contribution in [0.4, 0.5) is 0 Å². The molecule has 0 radical (unpaired) electrons. The van der Waals surface area contributed by atoms with Gasteiger partial charge in [0.2, 0.25) is 0 Å². The van der Waals surface area contributed by atoms with Crippen LogP contribution in [-0.4, -0.2) is 30.4 Å². The van der Waals surface area contributed by atoms with Crippen LogP contribution in [0.5, 0.6) is 0 Å². The van der Waals surface area contributed by atoms with Crippen LogP contribution >= 0.6 is 0 Å². The number of fused-ring (bicyclic) bond motifs is 1. The van der Waals surface area contributed by atoms with Gasteiger partial charge in [0, 0.05) is 30.1 Å². The van der Waals surface area contributed by atoms with Crippen molar-refractivity contribution < 1.29 is 13.2 Å². The van der Waals surface area contributed by atoms with Crippen molar-refractivity contribution in [1.29, 1.82) is 0 Å². The molecule has 1 aliphatic carbocycles. The van der Waals surface area contributed by atoms with Crippen molar-refractivity contribution in [2.24, 2.45) is 7.05 Å². The summed E-state index contributed by atoms with van der Waals surface area (Å²) in [6.07, 6.45) is 5.82. The average molecular weight is 333 g/mol. The molecule has 1 amide bonds. The lowest BCUT2D eigenvalue weighted by Gasteiger charge is -2.23. The minimum absolute atomic E-state index is 0.0467. The van der Waals surface area contributed by atoms with E-state index in [-0.39, 0.29) is 16.8 Å². The molecule has 7 heteroatoms. The van der Waals surface area contributed by atoms with Crippen LogP contribution in [0.1, 0.15) is 40.5 Å². The van der Waals surface area contributed by atoms with Gasteiger partial charge in [-0.3, -0.25) is 9.48 Å². The molecule has 23 heavy (non-hydrogen) atoms. The highest BCUT2D eigenvalue weighted by molar-refractivity contribution is 7.90. The number of nitrogens with zero attached hydrogens (tertiary/aromatic N) is 2. The molecule has 1 unspecified atom stereocenters. The zero-order valence-corrected chi connectivity index (χ0v) is 13.9. The van der Waals surface area contributed by atoms with Crippen LogP contribution in [0.2, 0.25) is 0 Å². The van der Waals surface area contributed by atoms with Crippen molar-refractivity contribution in [2.45, 2.75) is 30.2 Å². The first kappa shape index (κ1) is 15.7. The maximum Gasteiger partial charge on any atom is 0.251 e. The van der Waals surface area contributed by atoms with Crippen LogP contribution in [0, 0.1) is 0 Å². The van der Waals surface area contributed by atoms with Gasteiger partial charge in [-0.25, -0.2) is 8.42 Å². The number of benzene rings is 1. The SMILES string of the molecule is Cn1ncc2c1CCCC2NC(=O)c1ccc(S(C)(=O)=O)cc1. The number of nitrogens with one attached hydrogen (secondary N) is 1. The van der Waals surface area contributed by atoms with Gasteiger partial charge in [-0.1, -0.05) is 0 Å². The van der Waals surface area contributed by atoms with E-state index in [4.69, 9.17) is 0 Å². The molecule has 1 heterocycles. The summed E-state index contributed by atoms with van der Waals surface area (Å²) in [6, 6.07) is 5.95. The van der Waals surface area contributed by atoms with Crippen molar-refractivity contribution in [1.82, 2.24) is 15.1 Å². The first-order valence-electron chi connectivity index (χ1n) is 7.48. The Morgan fingerprint density at radius 1 is 1.30 bits per heavy atom. The molecular formula is C16H19N3O3S. The highest BCUT2D eigenvalue weighted by Crippen LogP contribution is 2.29. The molecular weight excluding hydrogens is 314 g/mol. The number of aromatic nitrogens is 2. The number of amides is 1. The van der Waals surface area contributed by atoms with Gasteiger partial charge >= 0.3 is 0 Å². The summed E-state index contributed by atoms with van der Waals surface area (Å²) < 4.78 is 24.8. The van der Waals surface area contributed by atoms with E-state index in [1.165, 1.54) is 12.1 Å². The molecule has 0 fully saturated rings. The number of hydrogen-bond donors (Lipinski definition) is 1. The Bertz CT molecular complexity index is 838. The van der Waals surface area contributed by atoms with Crippen molar-refractivity contribution in [2.75, 3.05) is 6.26 Å². The summed E-state index contributed by atoms with van der Waals surface area (Å²) in [5.41, 5.74) is 2.68. The molecule has 2 aromatic rings. The van der Waals surface area contributed by atoms with E-state index >= 15 is 0 Å². The summed E-state index contributed by atoms with van der Waals surface area (Å²) in [4.78, 5) is 12.6. The Kier molecular flexibility index (Phi) is 3.97. The molecule has 1 atom stereocenters. The van der Waals surface area contributed by atoms with E-state index in [0.29, 0.717) is 5.56 Å². The summed E-state index contributed by atoms with van der Waals surface area (Å²) in [6.45, 7) is 0. The fraction of sp³-hybridized carbons (Fsp3) is 0.375. The molecule has 1 aromatic carbocycles. The monoisotopic (exact) mass is 333 g/mol. The predicted octanol–water partition coefficient (Wildman–Crippen LogP) is 1.63. The van der Waals surface area contributed by atoms with Gasteiger partial charge < -0.3 is 5.32 Å². The second-order valence-electron chi connectivity index (χ2n) is 5.89. The van der Waals surface area contributed by atoms with Gasteiger partial charge in [0.25, 0.3) is 5.91 Å². The van der Waals surface area contributed by atoms with Crippen LogP contribution in [0.3, 0.4) is 0 Å². The first-order valence-corrected chi connectivity index (χ1v) is 9.37. The maximum absolute atomic E-state index is 12.4. The molecule has 1 aromatic heterocycles. The Hall–Kier alpha value is -2.15. The van der Waals surface area contributed by atoms with E-state index in [2.05, 4.69) is 10.4 Å². The predicted molar refractivity (Wildman–Crippen MR) is 85.9 cm³/mol. The number of sulfone groups is 1. The molecule has 122 valence electrons. The fourth-order valence-corrected chi connectivity index (χ4v) is 3.58. The fourth-order valence-electron chi connectivity index (χ4n) is 2.95. The van der Waals surface area contributed by atoms with Gasteiger partial charge in [-0.2, -0.15) is 5.10 Å². The van der Waals surface area contributed by atoms with E-state index < -0.39 is 9.84 Å².